The van der Waals surface area contributed by atoms with Gasteiger partial charge in [0.1, 0.15) is 0 Å². The van der Waals surface area contributed by atoms with Crippen molar-refractivity contribution in [2.24, 2.45) is 5.92 Å². The van der Waals surface area contributed by atoms with E-state index in [-0.39, 0.29) is 0 Å². The predicted octanol–water partition coefficient (Wildman–Crippen LogP) is 2.84. The van der Waals surface area contributed by atoms with E-state index < -0.39 is 11.6 Å². The van der Waals surface area contributed by atoms with Crippen LogP contribution in [0.15, 0.2) is 0 Å². The van der Waals surface area contributed by atoms with E-state index in [4.69, 9.17) is 4.74 Å². The Morgan fingerprint density at radius 3 is 2.67 bits per heavy atom. The SMILES string of the molecule is CCOC1(C(=O)O)CCCC(CC)CC1. The van der Waals surface area contributed by atoms with E-state index in [1.165, 1.54) is 0 Å². The van der Waals surface area contributed by atoms with E-state index in [2.05, 4.69) is 6.92 Å². The smallest absolute Gasteiger partial charge is 0.335 e. The van der Waals surface area contributed by atoms with Crippen LogP contribution in [-0.4, -0.2) is 23.3 Å². The summed E-state index contributed by atoms with van der Waals surface area (Å²) in [4.78, 5) is 11.3. The van der Waals surface area contributed by atoms with Crippen LogP contribution < -0.4 is 0 Å². The quantitative estimate of drug-likeness (QED) is 0.732. The third kappa shape index (κ3) is 2.94. The Kier molecular flexibility index (Phi) is 4.58. The lowest BCUT2D eigenvalue weighted by Gasteiger charge is -2.27. The van der Waals surface area contributed by atoms with Gasteiger partial charge in [-0.15, -0.1) is 0 Å². The maximum absolute atomic E-state index is 11.3. The summed E-state index contributed by atoms with van der Waals surface area (Å²) in [6, 6.07) is 0. The van der Waals surface area contributed by atoms with Crippen LogP contribution in [0, 0.1) is 5.92 Å². The molecule has 1 aliphatic carbocycles. The van der Waals surface area contributed by atoms with Gasteiger partial charge in [0, 0.05) is 6.61 Å². The summed E-state index contributed by atoms with van der Waals surface area (Å²) in [5, 5.41) is 9.28. The molecule has 0 amide bonds. The standard InChI is InChI=1S/C12H22O3/c1-3-10-6-5-8-12(9-7-10,11(13)14)15-4-2/h10H,3-9H2,1-2H3,(H,13,14). The third-order valence-electron chi connectivity index (χ3n) is 3.54. The van der Waals surface area contributed by atoms with Crippen LogP contribution in [-0.2, 0) is 9.53 Å². The van der Waals surface area contributed by atoms with Crippen LogP contribution in [0.3, 0.4) is 0 Å². The fourth-order valence-electron chi connectivity index (χ4n) is 2.49. The van der Waals surface area contributed by atoms with Crippen LogP contribution in [0.25, 0.3) is 0 Å². The number of aliphatic carboxylic acids is 1. The molecule has 1 fully saturated rings. The second-order valence-electron chi connectivity index (χ2n) is 4.44. The molecule has 3 nitrogen and oxygen atoms in total. The van der Waals surface area contributed by atoms with Gasteiger partial charge in [-0.2, -0.15) is 0 Å². The minimum Gasteiger partial charge on any atom is -0.479 e. The highest BCUT2D eigenvalue weighted by molar-refractivity contribution is 5.77. The molecule has 0 aromatic heterocycles. The molecule has 1 saturated carbocycles. The van der Waals surface area contributed by atoms with Gasteiger partial charge in [0.15, 0.2) is 5.60 Å². The maximum atomic E-state index is 11.3. The van der Waals surface area contributed by atoms with Crippen molar-refractivity contribution in [2.45, 2.75) is 58.0 Å². The normalized spacial score (nSPS) is 32.3. The summed E-state index contributed by atoms with van der Waals surface area (Å²) in [5.74, 6) is -0.0900. The molecule has 0 spiro atoms. The Morgan fingerprint density at radius 1 is 1.40 bits per heavy atom. The molecule has 0 heterocycles. The van der Waals surface area contributed by atoms with E-state index >= 15 is 0 Å². The molecule has 15 heavy (non-hydrogen) atoms. The molecule has 0 aromatic rings. The number of ether oxygens (including phenoxy) is 1. The molecule has 2 unspecified atom stereocenters. The van der Waals surface area contributed by atoms with Crippen molar-refractivity contribution in [3.63, 3.8) is 0 Å². The lowest BCUT2D eigenvalue weighted by atomic mass is 9.93. The lowest BCUT2D eigenvalue weighted by molar-refractivity contribution is -0.167. The van der Waals surface area contributed by atoms with E-state index in [0.29, 0.717) is 25.4 Å². The number of carboxylic acid groups (broad SMARTS) is 1. The number of rotatable bonds is 4. The minimum absolute atomic E-state index is 0.489. The largest absolute Gasteiger partial charge is 0.479 e. The average Bonchev–Trinajstić information content (AvgIpc) is 2.42. The van der Waals surface area contributed by atoms with Gasteiger partial charge < -0.3 is 9.84 Å². The van der Waals surface area contributed by atoms with Gasteiger partial charge in [-0.3, -0.25) is 0 Å². The molecule has 0 aromatic carbocycles. The number of carboxylic acids is 1. The summed E-state index contributed by atoms with van der Waals surface area (Å²) >= 11 is 0. The van der Waals surface area contributed by atoms with E-state index in [9.17, 15) is 9.90 Å². The first-order valence-corrected chi connectivity index (χ1v) is 6.02. The van der Waals surface area contributed by atoms with E-state index in [0.717, 1.165) is 25.7 Å². The van der Waals surface area contributed by atoms with Crippen molar-refractivity contribution >= 4 is 5.97 Å². The topological polar surface area (TPSA) is 46.5 Å². The Hall–Kier alpha value is -0.570. The van der Waals surface area contributed by atoms with Gasteiger partial charge in [-0.1, -0.05) is 19.8 Å². The Balaban J connectivity index is 2.68. The third-order valence-corrected chi connectivity index (χ3v) is 3.54. The zero-order chi connectivity index (χ0) is 11.3. The monoisotopic (exact) mass is 214 g/mol. The van der Waals surface area contributed by atoms with Crippen molar-refractivity contribution in [3.05, 3.63) is 0 Å². The maximum Gasteiger partial charge on any atom is 0.335 e. The lowest BCUT2D eigenvalue weighted by Crippen LogP contribution is -2.41. The second-order valence-corrected chi connectivity index (χ2v) is 4.44. The minimum atomic E-state index is -0.890. The van der Waals surface area contributed by atoms with Crippen LogP contribution >= 0.6 is 0 Å². The molecule has 1 rings (SSSR count). The van der Waals surface area contributed by atoms with Gasteiger partial charge >= 0.3 is 5.97 Å². The molecule has 0 radical (unpaired) electrons. The summed E-state index contributed by atoms with van der Waals surface area (Å²) in [6.45, 7) is 4.54. The van der Waals surface area contributed by atoms with E-state index in [1.54, 1.807) is 0 Å². The highest BCUT2D eigenvalue weighted by Crippen LogP contribution is 2.34. The van der Waals surface area contributed by atoms with Gasteiger partial charge in [0.05, 0.1) is 0 Å². The van der Waals surface area contributed by atoms with Crippen molar-refractivity contribution < 1.29 is 14.6 Å². The van der Waals surface area contributed by atoms with Crippen LogP contribution in [0.2, 0.25) is 0 Å². The van der Waals surface area contributed by atoms with Gasteiger partial charge in [-0.05, 0) is 38.5 Å². The molecule has 3 heteroatoms. The number of hydrogen-bond acceptors (Lipinski definition) is 2. The van der Waals surface area contributed by atoms with Gasteiger partial charge in [-0.25, -0.2) is 4.79 Å². The molecule has 0 aliphatic heterocycles. The number of carbonyl (C=O) groups is 1. The van der Waals surface area contributed by atoms with Crippen molar-refractivity contribution in [1.29, 1.82) is 0 Å². The Labute approximate surface area is 91.8 Å². The van der Waals surface area contributed by atoms with Gasteiger partial charge in [0.2, 0.25) is 0 Å². The Morgan fingerprint density at radius 2 is 2.13 bits per heavy atom. The zero-order valence-electron chi connectivity index (χ0n) is 9.79. The van der Waals surface area contributed by atoms with Crippen LogP contribution in [0.1, 0.15) is 52.4 Å². The average molecular weight is 214 g/mol. The van der Waals surface area contributed by atoms with Crippen LogP contribution in [0.5, 0.6) is 0 Å². The summed E-state index contributed by atoms with van der Waals surface area (Å²) in [7, 11) is 0. The first kappa shape index (κ1) is 12.5. The molecular formula is C12H22O3. The van der Waals surface area contributed by atoms with Crippen LogP contribution in [0.4, 0.5) is 0 Å². The summed E-state index contributed by atoms with van der Waals surface area (Å²) in [5.41, 5.74) is -0.890. The van der Waals surface area contributed by atoms with Gasteiger partial charge in [0.25, 0.3) is 0 Å². The highest BCUT2D eigenvalue weighted by Gasteiger charge is 2.40. The molecule has 1 N–H and O–H groups in total. The molecule has 88 valence electrons. The second kappa shape index (κ2) is 5.50. The number of hydrogen-bond donors (Lipinski definition) is 1. The Bertz CT molecular complexity index is 215. The fraction of sp³-hybridized carbons (Fsp3) is 0.917. The molecule has 1 aliphatic rings. The molecular weight excluding hydrogens is 192 g/mol. The predicted molar refractivity (Wildman–Crippen MR) is 58.9 cm³/mol. The highest BCUT2D eigenvalue weighted by atomic mass is 16.5. The first-order chi connectivity index (χ1) is 7.14. The van der Waals surface area contributed by atoms with Crippen molar-refractivity contribution in [2.75, 3.05) is 6.61 Å². The van der Waals surface area contributed by atoms with Crippen molar-refractivity contribution in [1.82, 2.24) is 0 Å². The summed E-state index contributed by atoms with van der Waals surface area (Å²) in [6.07, 6.45) is 5.62. The van der Waals surface area contributed by atoms with Crippen molar-refractivity contribution in [3.8, 4) is 0 Å². The van der Waals surface area contributed by atoms with E-state index in [1.807, 2.05) is 6.92 Å². The molecule has 0 saturated heterocycles. The molecule has 0 bridgehead atoms. The molecule has 2 atom stereocenters. The zero-order valence-corrected chi connectivity index (χ0v) is 9.79. The first-order valence-electron chi connectivity index (χ1n) is 6.02. The fourth-order valence-corrected chi connectivity index (χ4v) is 2.49. The summed E-state index contributed by atoms with van der Waals surface area (Å²) < 4.78 is 5.51.